The smallest absolute Gasteiger partial charge is 0.387 e. The van der Waals surface area contributed by atoms with Crippen molar-refractivity contribution in [2.24, 2.45) is 0 Å². The maximum Gasteiger partial charge on any atom is 0.387 e. The molecule has 6 nitrogen and oxygen atoms in total. The van der Waals surface area contributed by atoms with Gasteiger partial charge in [-0.2, -0.15) is 8.78 Å². The summed E-state index contributed by atoms with van der Waals surface area (Å²) >= 11 is 4.77. The summed E-state index contributed by atoms with van der Waals surface area (Å²) in [5.74, 6) is 7.94. The molecule has 0 radical (unpaired) electrons. The van der Waals surface area contributed by atoms with Gasteiger partial charge in [-0.25, -0.2) is 4.68 Å². The largest absolute Gasteiger partial charge is 0.493 e. The maximum atomic E-state index is 12.2. The number of hydrogen-bond acceptors (Lipinski definition) is 6. The van der Waals surface area contributed by atoms with Crippen LogP contribution in [-0.2, 0) is 0 Å². The Labute approximate surface area is 166 Å². The van der Waals surface area contributed by atoms with Crippen molar-refractivity contribution in [2.45, 2.75) is 11.8 Å². The van der Waals surface area contributed by atoms with Crippen LogP contribution in [0.25, 0.3) is 11.4 Å². The number of alkyl halides is 2. The molecule has 0 spiro atoms. The average molecular weight is 457 g/mol. The van der Waals surface area contributed by atoms with Gasteiger partial charge >= 0.3 is 6.61 Å². The summed E-state index contributed by atoms with van der Waals surface area (Å²) in [5, 5.41) is 8.64. The summed E-state index contributed by atoms with van der Waals surface area (Å²) in [6.45, 7) is -2.38. The molecule has 3 rings (SSSR count). The molecule has 0 aliphatic carbocycles. The molecule has 0 atom stereocenters. The summed E-state index contributed by atoms with van der Waals surface area (Å²) in [7, 11) is 0. The summed E-state index contributed by atoms with van der Waals surface area (Å²) in [4.78, 5) is 0. The van der Waals surface area contributed by atoms with Crippen LogP contribution in [0, 0.1) is 0 Å². The first-order chi connectivity index (χ1) is 13.0. The summed E-state index contributed by atoms with van der Waals surface area (Å²) < 4.78 is 36.7. The predicted molar refractivity (Wildman–Crippen MR) is 103 cm³/mol. The van der Waals surface area contributed by atoms with Crippen molar-refractivity contribution in [1.29, 1.82) is 0 Å². The maximum absolute atomic E-state index is 12.2. The van der Waals surface area contributed by atoms with E-state index in [1.54, 1.807) is 12.1 Å². The Morgan fingerprint density at radius 1 is 1.04 bits per heavy atom. The highest BCUT2D eigenvalue weighted by atomic mass is 79.9. The molecule has 27 heavy (non-hydrogen) atoms. The second kappa shape index (κ2) is 9.05. The molecule has 0 aliphatic heterocycles. The van der Waals surface area contributed by atoms with Gasteiger partial charge in [-0.15, -0.1) is 10.2 Å². The number of thioether (sulfide) groups is 1. The number of nitrogen functional groups attached to an aromatic ring is 1. The molecule has 0 saturated carbocycles. The normalized spacial score (nSPS) is 11.0. The summed E-state index contributed by atoms with van der Waals surface area (Å²) in [6.07, 6.45) is 0. The molecule has 1 aromatic heterocycles. The summed E-state index contributed by atoms with van der Waals surface area (Å²) in [5.41, 5.74) is 0.643. The first-order valence-electron chi connectivity index (χ1n) is 7.80. The number of halogens is 3. The molecule has 10 heteroatoms. The van der Waals surface area contributed by atoms with Gasteiger partial charge in [-0.3, -0.25) is 0 Å². The molecule has 2 N–H and O–H groups in total. The van der Waals surface area contributed by atoms with Crippen molar-refractivity contribution in [2.75, 3.05) is 18.2 Å². The van der Waals surface area contributed by atoms with Gasteiger partial charge in [0.05, 0.1) is 6.61 Å². The van der Waals surface area contributed by atoms with Crippen LogP contribution < -0.4 is 15.3 Å². The quantitative estimate of drug-likeness (QED) is 0.311. The van der Waals surface area contributed by atoms with Gasteiger partial charge in [0.15, 0.2) is 5.82 Å². The number of nitrogens with two attached hydrogens (primary N) is 1. The van der Waals surface area contributed by atoms with Crippen LogP contribution in [0.4, 0.5) is 8.78 Å². The lowest BCUT2D eigenvalue weighted by molar-refractivity contribution is -0.0498. The molecule has 0 amide bonds. The Kier molecular flexibility index (Phi) is 6.51. The first kappa shape index (κ1) is 19.4. The zero-order valence-corrected chi connectivity index (χ0v) is 16.3. The van der Waals surface area contributed by atoms with Crippen molar-refractivity contribution in [3.8, 4) is 22.9 Å². The van der Waals surface area contributed by atoms with E-state index in [0.717, 1.165) is 10.2 Å². The van der Waals surface area contributed by atoms with Crippen LogP contribution in [0.15, 0.2) is 58.2 Å². The molecule has 2 aromatic carbocycles. The fourth-order valence-corrected chi connectivity index (χ4v) is 3.12. The Morgan fingerprint density at radius 2 is 1.70 bits per heavy atom. The zero-order chi connectivity index (χ0) is 19.2. The number of rotatable bonds is 8. The second-order valence-electron chi connectivity index (χ2n) is 5.23. The molecule has 3 aromatic rings. The van der Waals surface area contributed by atoms with Crippen LogP contribution in [0.5, 0.6) is 11.5 Å². The van der Waals surface area contributed by atoms with E-state index >= 15 is 0 Å². The number of benzene rings is 2. The second-order valence-corrected chi connectivity index (χ2v) is 7.21. The highest BCUT2D eigenvalue weighted by molar-refractivity contribution is 9.10. The van der Waals surface area contributed by atoms with Crippen molar-refractivity contribution in [3.63, 3.8) is 0 Å². The average Bonchev–Trinajstić information content (AvgIpc) is 3.01. The predicted octanol–water partition coefficient (Wildman–Crippen LogP) is 4.19. The Morgan fingerprint density at radius 3 is 2.37 bits per heavy atom. The van der Waals surface area contributed by atoms with E-state index in [4.69, 9.17) is 10.6 Å². The summed E-state index contributed by atoms with van der Waals surface area (Å²) in [6, 6.07) is 13.6. The minimum Gasteiger partial charge on any atom is -0.493 e. The van der Waals surface area contributed by atoms with Crippen LogP contribution in [0.1, 0.15) is 0 Å². The van der Waals surface area contributed by atoms with Gasteiger partial charge in [-0.1, -0.05) is 27.7 Å². The van der Waals surface area contributed by atoms with E-state index < -0.39 is 6.61 Å². The third-order valence-corrected chi connectivity index (χ3v) is 4.84. The van der Waals surface area contributed by atoms with Crippen LogP contribution in [0.2, 0.25) is 0 Å². The number of ether oxygens (including phenoxy) is 2. The first-order valence-corrected chi connectivity index (χ1v) is 9.57. The molecule has 0 saturated heterocycles. The van der Waals surface area contributed by atoms with Gasteiger partial charge in [-0.05, 0) is 48.5 Å². The van der Waals surface area contributed by atoms with Gasteiger partial charge in [0.2, 0.25) is 5.16 Å². The number of hydrogen-bond donors (Lipinski definition) is 1. The molecule has 0 aliphatic rings. The molecular formula is C17H15BrF2N4O2S. The molecule has 0 fully saturated rings. The molecule has 0 unspecified atom stereocenters. The topological polar surface area (TPSA) is 75.2 Å². The highest BCUT2D eigenvalue weighted by Crippen LogP contribution is 2.24. The third-order valence-electron chi connectivity index (χ3n) is 3.40. The van der Waals surface area contributed by atoms with E-state index in [0.29, 0.717) is 28.9 Å². The molecule has 1 heterocycles. The van der Waals surface area contributed by atoms with Crippen molar-refractivity contribution >= 4 is 27.7 Å². The Balaban J connectivity index is 1.56. The van der Waals surface area contributed by atoms with E-state index in [1.807, 2.05) is 24.3 Å². The Hall–Kier alpha value is -2.33. The monoisotopic (exact) mass is 456 g/mol. The Bertz CT molecular complexity index is 876. The lowest BCUT2D eigenvalue weighted by Crippen LogP contribution is -2.12. The molecule has 0 bridgehead atoms. The zero-order valence-electron chi connectivity index (χ0n) is 13.9. The lowest BCUT2D eigenvalue weighted by Gasteiger charge is -2.07. The van der Waals surface area contributed by atoms with Crippen molar-refractivity contribution in [3.05, 3.63) is 53.0 Å². The van der Waals surface area contributed by atoms with E-state index in [-0.39, 0.29) is 5.75 Å². The number of nitrogens with zero attached hydrogens (tertiary/aromatic N) is 3. The lowest BCUT2D eigenvalue weighted by atomic mass is 10.2. The third kappa shape index (κ3) is 5.33. The fraction of sp³-hybridized carbons (Fsp3) is 0.176. The fourth-order valence-electron chi connectivity index (χ4n) is 2.18. The number of aromatic nitrogens is 3. The van der Waals surface area contributed by atoms with Crippen LogP contribution in [-0.4, -0.2) is 33.8 Å². The molecular weight excluding hydrogens is 442 g/mol. The highest BCUT2D eigenvalue weighted by Gasteiger charge is 2.13. The van der Waals surface area contributed by atoms with E-state index in [9.17, 15) is 8.78 Å². The van der Waals surface area contributed by atoms with Crippen molar-refractivity contribution in [1.82, 2.24) is 14.9 Å². The van der Waals surface area contributed by atoms with E-state index in [2.05, 4.69) is 30.9 Å². The van der Waals surface area contributed by atoms with Gasteiger partial charge in [0.1, 0.15) is 11.5 Å². The van der Waals surface area contributed by atoms with Gasteiger partial charge < -0.3 is 15.3 Å². The minimum atomic E-state index is -2.86. The SMILES string of the molecule is Nn1c(SCCOc2ccc(Br)cc2)nnc1-c1ccc(OC(F)F)cc1. The van der Waals surface area contributed by atoms with Crippen LogP contribution in [0.3, 0.4) is 0 Å². The van der Waals surface area contributed by atoms with Crippen molar-refractivity contribution < 1.29 is 18.3 Å². The standard InChI is InChI=1S/C17H15BrF2N4O2S/c18-12-3-7-13(8-4-12)25-9-10-27-17-23-22-15(24(17)21)11-1-5-14(6-2-11)26-16(19)20/h1-8,16H,9-10,21H2. The van der Waals surface area contributed by atoms with E-state index in [1.165, 1.54) is 28.6 Å². The van der Waals surface area contributed by atoms with Crippen LogP contribution >= 0.6 is 27.7 Å². The molecule has 142 valence electrons. The van der Waals surface area contributed by atoms with Gasteiger partial charge in [0, 0.05) is 15.8 Å². The minimum absolute atomic E-state index is 0.0662. The van der Waals surface area contributed by atoms with Gasteiger partial charge in [0.25, 0.3) is 0 Å².